The van der Waals surface area contributed by atoms with Crippen molar-refractivity contribution < 1.29 is 19.8 Å². The summed E-state index contributed by atoms with van der Waals surface area (Å²) in [5.74, 6) is -0.548. The highest BCUT2D eigenvalue weighted by Gasteiger charge is 2.47. The second-order valence-electron chi connectivity index (χ2n) is 7.32. The van der Waals surface area contributed by atoms with Gasteiger partial charge in [-0.05, 0) is 43.9 Å². The SMILES string of the molecule is O=C(O)C1CC2CCCCC2N1C(=O)C[C@@H]1CCCC[C@H]1O. The standard InChI is InChI=1S/C17H27NO4/c19-15-8-4-2-6-12(15)10-16(20)18-13-7-3-1-5-11(13)9-14(18)17(21)22/h11-15,19H,1-10H2,(H,21,22)/t11?,12-,13?,14?,15+/m0/s1. The molecule has 0 aromatic heterocycles. The van der Waals surface area contributed by atoms with Crippen molar-refractivity contribution in [3.63, 3.8) is 0 Å². The molecule has 2 saturated carbocycles. The smallest absolute Gasteiger partial charge is 0.326 e. The van der Waals surface area contributed by atoms with Crippen molar-refractivity contribution in [3.05, 3.63) is 0 Å². The molecule has 1 heterocycles. The van der Waals surface area contributed by atoms with E-state index < -0.39 is 18.1 Å². The quantitative estimate of drug-likeness (QED) is 0.837. The van der Waals surface area contributed by atoms with E-state index in [1.165, 1.54) is 0 Å². The van der Waals surface area contributed by atoms with Crippen LogP contribution in [-0.2, 0) is 9.59 Å². The minimum Gasteiger partial charge on any atom is -0.480 e. The summed E-state index contributed by atoms with van der Waals surface area (Å²) >= 11 is 0. The topological polar surface area (TPSA) is 77.8 Å². The van der Waals surface area contributed by atoms with E-state index in [0.717, 1.165) is 51.4 Å². The van der Waals surface area contributed by atoms with Gasteiger partial charge in [-0.25, -0.2) is 4.79 Å². The molecule has 0 aromatic carbocycles. The molecule has 1 saturated heterocycles. The van der Waals surface area contributed by atoms with Crippen LogP contribution in [0.15, 0.2) is 0 Å². The van der Waals surface area contributed by atoms with Gasteiger partial charge in [0.1, 0.15) is 6.04 Å². The Morgan fingerprint density at radius 3 is 2.41 bits per heavy atom. The van der Waals surface area contributed by atoms with Gasteiger partial charge in [0.2, 0.25) is 5.91 Å². The van der Waals surface area contributed by atoms with Gasteiger partial charge in [0.15, 0.2) is 0 Å². The maximum Gasteiger partial charge on any atom is 0.326 e. The Balaban J connectivity index is 1.71. The number of carboxylic acid groups (broad SMARTS) is 1. The number of aliphatic carboxylic acids is 1. The molecular formula is C17H27NO4. The minimum atomic E-state index is -0.869. The van der Waals surface area contributed by atoms with Gasteiger partial charge in [0.05, 0.1) is 6.10 Å². The molecule has 3 fully saturated rings. The van der Waals surface area contributed by atoms with Gasteiger partial charge < -0.3 is 15.1 Å². The van der Waals surface area contributed by atoms with E-state index in [1.54, 1.807) is 4.90 Å². The van der Waals surface area contributed by atoms with Crippen LogP contribution < -0.4 is 0 Å². The molecular weight excluding hydrogens is 282 g/mol. The lowest BCUT2D eigenvalue weighted by molar-refractivity contribution is -0.150. The van der Waals surface area contributed by atoms with Crippen molar-refractivity contribution in [1.82, 2.24) is 4.90 Å². The van der Waals surface area contributed by atoms with Gasteiger partial charge in [0.25, 0.3) is 0 Å². The van der Waals surface area contributed by atoms with Crippen LogP contribution >= 0.6 is 0 Å². The summed E-state index contributed by atoms with van der Waals surface area (Å²) in [4.78, 5) is 26.0. The summed E-state index contributed by atoms with van der Waals surface area (Å²) in [6.07, 6.45) is 8.48. The number of hydrogen-bond donors (Lipinski definition) is 2. The lowest BCUT2D eigenvalue weighted by Crippen LogP contribution is -2.47. The van der Waals surface area contributed by atoms with E-state index in [1.807, 2.05) is 0 Å². The van der Waals surface area contributed by atoms with Crippen molar-refractivity contribution in [2.24, 2.45) is 11.8 Å². The number of fused-ring (bicyclic) bond motifs is 1. The summed E-state index contributed by atoms with van der Waals surface area (Å²) in [6, 6.07) is -0.538. The monoisotopic (exact) mass is 309 g/mol. The zero-order chi connectivity index (χ0) is 15.7. The van der Waals surface area contributed by atoms with E-state index in [9.17, 15) is 19.8 Å². The first-order chi connectivity index (χ1) is 10.6. The molecule has 1 amide bonds. The summed E-state index contributed by atoms with van der Waals surface area (Å²) < 4.78 is 0. The fourth-order valence-corrected chi connectivity index (χ4v) is 4.80. The average molecular weight is 309 g/mol. The van der Waals surface area contributed by atoms with Crippen LogP contribution in [0.4, 0.5) is 0 Å². The second kappa shape index (κ2) is 6.57. The fraction of sp³-hybridized carbons (Fsp3) is 0.882. The Morgan fingerprint density at radius 2 is 1.68 bits per heavy atom. The third-order valence-corrected chi connectivity index (χ3v) is 5.97. The highest BCUT2D eigenvalue weighted by Crippen LogP contribution is 2.41. The molecule has 0 spiro atoms. The molecule has 1 aliphatic heterocycles. The van der Waals surface area contributed by atoms with E-state index in [0.29, 0.717) is 18.8 Å². The Hall–Kier alpha value is -1.10. The zero-order valence-electron chi connectivity index (χ0n) is 13.1. The van der Waals surface area contributed by atoms with Crippen LogP contribution in [0.3, 0.4) is 0 Å². The molecule has 0 bridgehead atoms. The maximum atomic E-state index is 12.8. The predicted octanol–water partition coefficient (Wildman–Crippen LogP) is 2.17. The van der Waals surface area contributed by atoms with Crippen molar-refractivity contribution >= 4 is 11.9 Å². The second-order valence-corrected chi connectivity index (χ2v) is 7.32. The maximum absolute atomic E-state index is 12.8. The molecule has 5 heteroatoms. The van der Waals surface area contributed by atoms with Crippen molar-refractivity contribution in [1.29, 1.82) is 0 Å². The number of nitrogens with zero attached hydrogens (tertiary/aromatic N) is 1. The summed E-state index contributed by atoms with van der Waals surface area (Å²) in [5, 5.41) is 19.6. The molecule has 2 aliphatic carbocycles. The Morgan fingerprint density at radius 1 is 1.00 bits per heavy atom. The van der Waals surface area contributed by atoms with Crippen LogP contribution in [0.2, 0.25) is 0 Å². The highest BCUT2D eigenvalue weighted by atomic mass is 16.4. The number of likely N-dealkylation sites (tertiary alicyclic amines) is 1. The van der Waals surface area contributed by atoms with Crippen molar-refractivity contribution in [2.75, 3.05) is 0 Å². The number of carbonyl (C=O) groups is 2. The van der Waals surface area contributed by atoms with Crippen LogP contribution in [0, 0.1) is 11.8 Å². The van der Waals surface area contributed by atoms with Crippen molar-refractivity contribution in [2.45, 2.75) is 82.4 Å². The normalized spacial score (nSPS) is 38.6. The summed E-state index contributed by atoms with van der Waals surface area (Å²) in [5.41, 5.74) is 0. The summed E-state index contributed by atoms with van der Waals surface area (Å²) in [6.45, 7) is 0. The molecule has 22 heavy (non-hydrogen) atoms. The number of hydrogen-bond acceptors (Lipinski definition) is 3. The molecule has 3 unspecified atom stereocenters. The Labute approximate surface area is 131 Å². The van der Waals surface area contributed by atoms with Gasteiger partial charge in [-0.2, -0.15) is 0 Å². The number of carbonyl (C=O) groups excluding carboxylic acids is 1. The zero-order valence-corrected chi connectivity index (χ0v) is 13.1. The van der Waals surface area contributed by atoms with Crippen molar-refractivity contribution in [3.8, 4) is 0 Å². The lowest BCUT2D eigenvalue weighted by Gasteiger charge is -2.35. The van der Waals surface area contributed by atoms with Crippen LogP contribution in [0.5, 0.6) is 0 Å². The molecule has 5 nitrogen and oxygen atoms in total. The van der Waals surface area contributed by atoms with E-state index in [2.05, 4.69) is 0 Å². The molecule has 2 N–H and O–H groups in total. The molecule has 124 valence electrons. The number of carboxylic acids is 1. The van der Waals surface area contributed by atoms with Crippen LogP contribution in [-0.4, -0.2) is 45.2 Å². The molecule has 0 aromatic rings. The number of rotatable bonds is 3. The first-order valence-electron chi connectivity index (χ1n) is 8.80. The van der Waals surface area contributed by atoms with Crippen LogP contribution in [0.1, 0.15) is 64.2 Å². The van der Waals surface area contributed by atoms with E-state index >= 15 is 0 Å². The lowest BCUT2D eigenvalue weighted by atomic mass is 9.83. The third kappa shape index (κ3) is 3.00. The number of aliphatic hydroxyl groups excluding tert-OH is 1. The fourth-order valence-electron chi connectivity index (χ4n) is 4.80. The average Bonchev–Trinajstić information content (AvgIpc) is 2.89. The largest absolute Gasteiger partial charge is 0.480 e. The van der Waals surface area contributed by atoms with Crippen LogP contribution in [0.25, 0.3) is 0 Å². The molecule has 5 atom stereocenters. The first kappa shape index (κ1) is 15.8. The number of aliphatic hydroxyl groups is 1. The summed E-state index contributed by atoms with van der Waals surface area (Å²) in [7, 11) is 0. The highest BCUT2D eigenvalue weighted by molar-refractivity contribution is 5.85. The van der Waals surface area contributed by atoms with Gasteiger partial charge >= 0.3 is 5.97 Å². The van der Waals surface area contributed by atoms with Gasteiger partial charge in [0, 0.05) is 12.5 Å². The Bertz CT molecular complexity index is 438. The van der Waals surface area contributed by atoms with E-state index in [-0.39, 0.29) is 17.9 Å². The van der Waals surface area contributed by atoms with Gasteiger partial charge in [-0.3, -0.25) is 4.79 Å². The molecule has 3 rings (SSSR count). The molecule has 3 aliphatic rings. The van der Waals surface area contributed by atoms with Gasteiger partial charge in [-0.1, -0.05) is 25.7 Å². The van der Waals surface area contributed by atoms with Gasteiger partial charge in [-0.15, -0.1) is 0 Å². The predicted molar refractivity (Wildman–Crippen MR) is 81.2 cm³/mol. The first-order valence-corrected chi connectivity index (χ1v) is 8.80. The Kier molecular flexibility index (Phi) is 4.71. The minimum absolute atomic E-state index is 0.0123. The number of amides is 1. The van der Waals surface area contributed by atoms with E-state index in [4.69, 9.17) is 0 Å². The third-order valence-electron chi connectivity index (χ3n) is 5.97. The molecule has 0 radical (unpaired) electrons.